The zero-order valence-electron chi connectivity index (χ0n) is 25.0. The van der Waals surface area contributed by atoms with Crippen molar-refractivity contribution >= 4 is 39.6 Å². The van der Waals surface area contributed by atoms with Crippen LogP contribution in [0.5, 0.6) is 11.8 Å². The maximum absolute atomic E-state index is 16.8. The predicted molar refractivity (Wildman–Crippen MR) is 170 cm³/mol. The van der Waals surface area contributed by atoms with E-state index >= 15 is 4.39 Å². The first kappa shape index (κ1) is 30.3. The Morgan fingerprint density at radius 2 is 2.04 bits per heavy atom. The minimum atomic E-state index is -0.916. The molecule has 13 heteroatoms. The van der Waals surface area contributed by atoms with Gasteiger partial charge in [-0.25, -0.2) is 17.9 Å². The van der Waals surface area contributed by atoms with E-state index in [2.05, 4.69) is 24.5 Å². The Hall–Kier alpha value is -3.39. The summed E-state index contributed by atoms with van der Waals surface area (Å²) in [4.78, 5) is 18.1. The fourth-order valence-corrected chi connectivity index (χ4v) is 7.94. The van der Waals surface area contributed by atoms with Gasteiger partial charge in [-0.1, -0.05) is 13.0 Å². The van der Waals surface area contributed by atoms with Crippen LogP contribution in [0.3, 0.4) is 0 Å². The number of phenols is 1. The summed E-state index contributed by atoms with van der Waals surface area (Å²) in [6.45, 7) is 4.48. The standard InChI is InChI=1S/C32H36F3N7O2S/c1-2-22-25(34)7-6-18-11-21(43)12-23(26(18)22)28-27(35)29-24(14-37-28)30(41-9-3-5-20(16-41)40-45-36)39-31(38-29)44-17-32-8-4-10-42(32)15-19(33)13-32/h6-7,11-12,14,19-20,40,43H,2-5,8-10,13,15-17,36H2,1H3/t19?,20?,32-/m0/s1. The molecular formula is C32H36F3N7O2S. The summed E-state index contributed by atoms with van der Waals surface area (Å²) in [5, 5.41) is 17.7. The molecule has 2 aromatic carbocycles. The number of alkyl halides is 1. The van der Waals surface area contributed by atoms with Crippen molar-refractivity contribution in [1.82, 2.24) is 24.6 Å². The van der Waals surface area contributed by atoms with Crippen LogP contribution in [0.15, 0.2) is 30.5 Å². The van der Waals surface area contributed by atoms with Crippen LogP contribution in [0.25, 0.3) is 32.9 Å². The van der Waals surface area contributed by atoms with Crippen LogP contribution >= 0.6 is 12.1 Å². The molecule has 5 heterocycles. The Morgan fingerprint density at radius 1 is 1.18 bits per heavy atom. The Bertz CT molecular complexity index is 1760. The van der Waals surface area contributed by atoms with Crippen molar-refractivity contribution < 1.29 is 23.0 Å². The monoisotopic (exact) mass is 639 g/mol. The average Bonchev–Trinajstić information content (AvgIpc) is 3.56. The molecule has 2 unspecified atom stereocenters. The summed E-state index contributed by atoms with van der Waals surface area (Å²) in [7, 11) is 0. The quantitative estimate of drug-likeness (QED) is 0.216. The van der Waals surface area contributed by atoms with Gasteiger partial charge in [-0.05, 0) is 73.2 Å². The first-order valence-corrected chi connectivity index (χ1v) is 16.4. The van der Waals surface area contributed by atoms with Crippen molar-refractivity contribution in [2.45, 2.75) is 63.2 Å². The molecule has 0 radical (unpaired) electrons. The number of nitrogens with two attached hydrogens (primary N) is 1. The Balaban J connectivity index is 1.36. The van der Waals surface area contributed by atoms with Crippen LogP contribution in [0.2, 0.25) is 0 Å². The number of phenolic OH excluding ortho intramolecular Hbond substituents is 1. The Labute approximate surface area is 263 Å². The lowest BCUT2D eigenvalue weighted by atomic mass is 9.94. The van der Waals surface area contributed by atoms with Crippen LogP contribution < -0.4 is 19.5 Å². The lowest BCUT2D eigenvalue weighted by Gasteiger charge is -2.34. The molecule has 7 rings (SSSR count). The molecule has 2 aromatic heterocycles. The third-order valence-corrected chi connectivity index (χ3v) is 10.1. The number of fused-ring (bicyclic) bond motifs is 3. The number of aromatic hydroxyl groups is 1. The number of aromatic nitrogens is 3. The highest BCUT2D eigenvalue weighted by Gasteiger charge is 2.49. The molecule has 4 N–H and O–H groups in total. The summed E-state index contributed by atoms with van der Waals surface area (Å²) in [5.74, 6) is -0.746. The summed E-state index contributed by atoms with van der Waals surface area (Å²) in [5.41, 5.74) is 0.188. The zero-order valence-corrected chi connectivity index (χ0v) is 25.8. The highest BCUT2D eigenvalue weighted by Crippen LogP contribution is 2.42. The lowest BCUT2D eigenvalue weighted by Crippen LogP contribution is -2.45. The first-order chi connectivity index (χ1) is 21.8. The second-order valence-corrected chi connectivity index (χ2v) is 12.8. The van der Waals surface area contributed by atoms with Crippen molar-refractivity contribution in [3.8, 4) is 23.0 Å². The third kappa shape index (κ3) is 5.43. The van der Waals surface area contributed by atoms with E-state index < -0.39 is 23.3 Å². The van der Waals surface area contributed by atoms with Crippen molar-refractivity contribution in [2.24, 2.45) is 5.14 Å². The number of benzene rings is 2. The molecule has 3 saturated heterocycles. The first-order valence-electron chi connectivity index (χ1n) is 15.5. The van der Waals surface area contributed by atoms with Crippen molar-refractivity contribution in [2.75, 3.05) is 37.7 Å². The van der Waals surface area contributed by atoms with Gasteiger partial charge < -0.3 is 14.7 Å². The molecule has 0 saturated carbocycles. The molecule has 0 bridgehead atoms. The second-order valence-electron chi connectivity index (χ2n) is 12.4. The van der Waals surface area contributed by atoms with E-state index in [0.29, 0.717) is 60.0 Å². The van der Waals surface area contributed by atoms with Gasteiger partial charge in [0.15, 0.2) is 5.82 Å². The van der Waals surface area contributed by atoms with Gasteiger partial charge in [0.2, 0.25) is 0 Å². The summed E-state index contributed by atoms with van der Waals surface area (Å²) >= 11 is 1.06. The number of hydrogen-bond donors (Lipinski definition) is 3. The molecule has 3 aliphatic heterocycles. The predicted octanol–water partition coefficient (Wildman–Crippen LogP) is 5.43. The van der Waals surface area contributed by atoms with Crippen LogP contribution in [0, 0.1) is 11.6 Å². The average molecular weight is 640 g/mol. The highest BCUT2D eigenvalue weighted by atomic mass is 32.2. The number of halogens is 3. The molecule has 45 heavy (non-hydrogen) atoms. The second kappa shape index (κ2) is 12.1. The van der Waals surface area contributed by atoms with Gasteiger partial charge in [-0.3, -0.25) is 15.0 Å². The fraction of sp³-hybridized carbons (Fsp3) is 0.469. The topological polar surface area (TPSA) is 113 Å². The van der Waals surface area contributed by atoms with Gasteiger partial charge in [0.1, 0.15) is 41.4 Å². The van der Waals surface area contributed by atoms with Crippen molar-refractivity contribution in [1.29, 1.82) is 0 Å². The normalized spacial score (nSPS) is 23.7. The fourth-order valence-electron chi connectivity index (χ4n) is 7.56. The minimum absolute atomic E-state index is 0.00132. The van der Waals surface area contributed by atoms with Crippen molar-refractivity contribution in [3.63, 3.8) is 0 Å². The third-order valence-electron chi connectivity index (χ3n) is 9.59. The summed E-state index contributed by atoms with van der Waals surface area (Å²) in [6, 6.07) is 5.94. The molecule has 0 aliphatic carbocycles. The summed E-state index contributed by atoms with van der Waals surface area (Å²) in [6.07, 6.45) is 4.93. The summed E-state index contributed by atoms with van der Waals surface area (Å²) < 4.78 is 55.6. The zero-order chi connectivity index (χ0) is 31.3. The van der Waals surface area contributed by atoms with Gasteiger partial charge in [-0.15, -0.1) is 0 Å². The van der Waals surface area contributed by atoms with Crippen LogP contribution in [0.1, 0.15) is 44.6 Å². The molecular weight excluding hydrogens is 603 g/mol. The SMILES string of the molecule is CCc1c(F)ccc2cc(O)cc(-c3ncc4c(N5CCCC(NSN)C5)nc(OC[C@@]56CCCN5CC(F)C6)nc4c3F)c12. The largest absolute Gasteiger partial charge is 0.508 e. The molecule has 0 amide bonds. The number of aryl methyl sites for hydroxylation is 1. The number of ether oxygens (including phenoxy) is 1. The smallest absolute Gasteiger partial charge is 0.319 e. The lowest BCUT2D eigenvalue weighted by molar-refractivity contribution is 0.107. The van der Waals surface area contributed by atoms with Gasteiger partial charge in [0.05, 0.1) is 10.9 Å². The molecule has 4 aromatic rings. The molecule has 9 nitrogen and oxygen atoms in total. The van der Waals surface area contributed by atoms with E-state index in [9.17, 15) is 13.9 Å². The Morgan fingerprint density at radius 3 is 2.87 bits per heavy atom. The molecule has 3 atom stereocenters. The highest BCUT2D eigenvalue weighted by molar-refractivity contribution is 7.95. The number of nitrogens with zero attached hydrogens (tertiary/aromatic N) is 5. The number of nitrogens with one attached hydrogen (secondary N) is 1. The van der Waals surface area contributed by atoms with Crippen LogP contribution in [-0.2, 0) is 6.42 Å². The van der Waals surface area contributed by atoms with Crippen molar-refractivity contribution in [3.05, 3.63) is 47.7 Å². The maximum Gasteiger partial charge on any atom is 0.319 e. The van der Waals surface area contributed by atoms with E-state index in [4.69, 9.17) is 14.9 Å². The minimum Gasteiger partial charge on any atom is -0.508 e. The number of pyridine rings is 1. The van der Waals surface area contributed by atoms with Gasteiger partial charge in [-0.2, -0.15) is 9.97 Å². The van der Waals surface area contributed by atoms with E-state index in [-0.39, 0.29) is 41.2 Å². The number of rotatable bonds is 8. The Kier molecular flexibility index (Phi) is 8.13. The molecule has 3 aliphatic rings. The van der Waals surface area contributed by atoms with E-state index in [1.807, 2.05) is 6.92 Å². The van der Waals surface area contributed by atoms with E-state index in [1.165, 1.54) is 24.4 Å². The van der Waals surface area contributed by atoms with E-state index in [0.717, 1.165) is 44.4 Å². The molecule has 238 valence electrons. The maximum atomic E-state index is 16.8. The molecule has 3 fully saturated rings. The molecule has 0 spiro atoms. The number of piperidine rings is 1. The van der Waals surface area contributed by atoms with Gasteiger partial charge in [0.25, 0.3) is 0 Å². The number of hydrogen-bond acceptors (Lipinski definition) is 10. The number of anilines is 1. The van der Waals surface area contributed by atoms with Crippen LogP contribution in [0.4, 0.5) is 19.0 Å². The van der Waals surface area contributed by atoms with Gasteiger partial charge >= 0.3 is 6.01 Å². The van der Waals surface area contributed by atoms with Gasteiger partial charge in [0, 0.05) is 56.0 Å². The van der Waals surface area contributed by atoms with E-state index in [1.54, 1.807) is 6.07 Å². The van der Waals surface area contributed by atoms with Crippen LogP contribution in [-0.4, -0.2) is 75.5 Å².